The summed E-state index contributed by atoms with van der Waals surface area (Å²) in [6, 6.07) is 6.17. The zero-order valence-electron chi connectivity index (χ0n) is 20.0. The monoisotopic (exact) mass is 591 g/mol. The Morgan fingerprint density at radius 3 is 2.38 bits per heavy atom. The summed E-state index contributed by atoms with van der Waals surface area (Å²) in [5.74, 6) is -2.58. The second-order valence-corrected chi connectivity index (χ2v) is 8.52. The van der Waals surface area contributed by atoms with Crippen LogP contribution in [0.5, 0.6) is 0 Å². The van der Waals surface area contributed by atoms with Crippen molar-refractivity contribution in [3.63, 3.8) is 0 Å². The number of hydrogen-bond donors (Lipinski definition) is 1. The Bertz CT molecular complexity index is 1590. The first kappa shape index (κ1) is 28.8. The molecule has 3 heterocycles. The first-order chi connectivity index (χ1) is 18.7. The molecule has 11 nitrogen and oxygen atoms in total. The van der Waals surface area contributed by atoms with Crippen molar-refractivity contribution in [3.8, 4) is 17.1 Å². The van der Waals surface area contributed by atoms with E-state index in [0.717, 1.165) is 19.5 Å². The Kier molecular flexibility index (Phi) is 7.71. The van der Waals surface area contributed by atoms with Crippen molar-refractivity contribution in [2.75, 3.05) is 7.11 Å². The number of carbonyl (C=O) groups is 1. The van der Waals surface area contributed by atoms with Gasteiger partial charge < -0.3 is 9.84 Å². The molecular formula is C22H16ClF6N7O4. The van der Waals surface area contributed by atoms with E-state index in [0.29, 0.717) is 20.0 Å². The molecule has 0 amide bonds. The van der Waals surface area contributed by atoms with Gasteiger partial charge in [-0.15, -0.1) is 10.2 Å². The molecule has 4 rings (SSSR count). The van der Waals surface area contributed by atoms with Crippen molar-refractivity contribution in [1.82, 2.24) is 34.1 Å². The van der Waals surface area contributed by atoms with Crippen molar-refractivity contribution in [2.45, 2.75) is 31.5 Å². The average molecular weight is 592 g/mol. The van der Waals surface area contributed by atoms with Gasteiger partial charge in [-0.3, -0.25) is 9.55 Å². The normalized spacial score (nSPS) is 12.9. The van der Waals surface area contributed by atoms with Gasteiger partial charge in [-0.05, 0) is 30.3 Å². The number of nitrogens with zero attached hydrogens (tertiary/aromatic N) is 7. The molecule has 4 aromatic rings. The van der Waals surface area contributed by atoms with E-state index < -0.39 is 66.1 Å². The second kappa shape index (κ2) is 10.7. The van der Waals surface area contributed by atoms with Crippen LogP contribution < -0.4 is 5.69 Å². The molecule has 0 spiro atoms. The van der Waals surface area contributed by atoms with Gasteiger partial charge in [-0.2, -0.15) is 26.3 Å². The summed E-state index contributed by atoms with van der Waals surface area (Å²) in [4.78, 5) is 32.9. The van der Waals surface area contributed by atoms with E-state index in [2.05, 4.69) is 24.9 Å². The van der Waals surface area contributed by atoms with Crippen LogP contribution in [-0.4, -0.2) is 64.6 Å². The van der Waals surface area contributed by atoms with E-state index in [1.54, 1.807) is 0 Å². The van der Waals surface area contributed by atoms with Crippen molar-refractivity contribution < 1.29 is 41.0 Å². The third-order valence-corrected chi connectivity index (χ3v) is 5.65. The number of esters is 1. The highest BCUT2D eigenvalue weighted by Crippen LogP contribution is 2.33. The molecule has 1 aromatic carbocycles. The second-order valence-electron chi connectivity index (χ2n) is 8.08. The molecule has 0 saturated carbocycles. The number of rotatable bonds is 7. The van der Waals surface area contributed by atoms with Crippen LogP contribution in [0.2, 0.25) is 5.02 Å². The first-order valence-corrected chi connectivity index (χ1v) is 11.3. The Labute approximate surface area is 224 Å². The number of hydrogen-bond acceptors (Lipinski definition) is 8. The fourth-order valence-electron chi connectivity index (χ4n) is 3.54. The topological polar surface area (TPSA) is 130 Å². The minimum absolute atomic E-state index is 0.161. The standard InChI is InChI=1S/C22H16ClF6N7O4/c1-40-19(38)18-31-16(32-36(18)14-8-30-7-6-13(14)21(24,25)26)10-35-20(39)34(9-15(37)22(27,28)29)17(33-35)11-2-4-12(23)5-3-11/h2-8,15,37H,9-10H2,1H3/t15-/m0/s1. The van der Waals surface area contributed by atoms with Crippen LogP contribution >= 0.6 is 11.6 Å². The largest absolute Gasteiger partial charge is 0.463 e. The maximum Gasteiger partial charge on any atom is 0.418 e. The Hall–Kier alpha value is -4.25. The summed E-state index contributed by atoms with van der Waals surface area (Å²) in [5, 5.41) is 17.8. The lowest BCUT2D eigenvalue weighted by Crippen LogP contribution is -2.37. The van der Waals surface area contributed by atoms with Crippen LogP contribution in [0.3, 0.4) is 0 Å². The third-order valence-electron chi connectivity index (χ3n) is 5.40. The summed E-state index contributed by atoms with van der Waals surface area (Å²) < 4.78 is 86.3. The van der Waals surface area contributed by atoms with Gasteiger partial charge in [0, 0.05) is 16.8 Å². The van der Waals surface area contributed by atoms with Crippen molar-refractivity contribution in [1.29, 1.82) is 0 Å². The molecule has 18 heteroatoms. The van der Waals surface area contributed by atoms with Gasteiger partial charge in [0.15, 0.2) is 17.8 Å². The van der Waals surface area contributed by atoms with E-state index >= 15 is 0 Å². The van der Waals surface area contributed by atoms with Crippen LogP contribution in [-0.2, 0) is 24.0 Å². The van der Waals surface area contributed by atoms with E-state index in [1.807, 2.05) is 0 Å². The molecule has 1 atom stereocenters. The predicted octanol–water partition coefficient (Wildman–Crippen LogP) is 3.12. The first-order valence-electron chi connectivity index (χ1n) is 10.9. The van der Waals surface area contributed by atoms with E-state index in [-0.39, 0.29) is 16.4 Å². The van der Waals surface area contributed by atoms with E-state index in [9.17, 15) is 41.0 Å². The average Bonchev–Trinajstić information content (AvgIpc) is 3.44. The van der Waals surface area contributed by atoms with Gasteiger partial charge in [0.05, 0.1) is 31.1 Å². The Morgan fingerprint density at radius 2 is 1.77 bits per heavy atom. The molecule has 0 aliphatic carbocycles. The highest BCUT2D eigenvalue weighted by molar-refractivity contribution is 6.30. The van der Waals surface area contributed by atoms with Crippen LogP contribution in [0.25, 0.3) is 17.1 Å². The number of alkyl halides is 6. The Balaban J connectivity index is 1.82. The summed E-state index contributed by atoms with van der Waals surface area (Å²) in [7, 11) is 0.950. The van der Waals surface area contributed by atoms with Gasteiger partial charge in [-0.1, -0.05) is 11.6 Å². The van der Waals surface area contributed by atoms with E-state index in [1.165, 1.54) is 24.3 Å². The highest BCUT2D eigenvalue weighted by Gasteiger charge is 2.40. The van der Waals surface area contributed by atoms with Gasteiger partial charge in [0.2, 0.25) is 5.82 Å². The molecule has 0 aliphatic heterocycles. The zero-order valence-corrected chi connectivity index (χ0v) is 20.7. The molecule has 0 unspecified atom stereocenters. The third kappa shape index (κ3) is 5.84. The maximum absolute atomic E-state index is 13.6. The number of aliphatic hydroxyl groups is 1. The lowest BCUT2D eigenvalue weighted by atomic mass is 10.2. The lowest BCUT2D eigenvalue weighted by molar-refractivity contribution is -0.207. The number of ether oxygens (including phenoxy) is 1. The minimum Gasteiger partial charge on any atom is -0.463 e. The van der Waals surface area contributed by atoms with Crippen molar-refractivity contribution >= 4 is 17.6 Å². The van der Waals surface area contributed by atoms with Crippen LogP contribution in [0.15, 0.2) is 47.5 Å². The van der Waals surface area contributed by atoms with E-state index in [4.69, 9.17) is 11.6 Å². The fraction of sp³-hybridized carbons (Fsp3) is 0.273. The minimum atomic E-state index is -5.06. The number of halogens is 7. The highest BCUT2D eigenvalue weighted by atomic mass is 35.5. The summed E-state index contributed by atoms with van der Waals surface area (Å²) in [6.07, 6.45) is -11.2. The van der Waals surface area contributed by atoms with Crippen LogP contribution in [0, 0.1) is 0 Å². The summed E-state index contributed by atoms with van der Waals surface area (Å²) in [5.41, 5.74) is -2.87. The number of benzene rings is 1. The van der Waals surface area contributed by atoms with Crippen LogP contribution in [0.4, 0.5) is 26.3 Å². The number of pyridine rings is 1. The van der Waals surface area contributed by atoms with Gasteiger partial charge in [0.1, 0.15) is 6.54 Å². The SMILES string of the molecule is COC(=O)c1nc(Cn2nc(-c3ccc(Cl)cc3)n(C[C@H](O)C(F)(F)F)c2=O)nn1-c1cnccc1C(F)(F)F. The van der Waals surface area contributed by atoms with Crippen LogP contribution in [0.1, 0.15) is 22.0 Å². The molecule has 0 bridgehead atoms. The molecule has 40 heavy (non-hydrogen) atoms. The maximum atomic E-state index is 13.6. The number of aromatic nitrogens is 7. The predicted molar refractivity (Wildman–Crippen MR) is 124 cm³/mol. The molecule has 1 N–H and O–H groups in total. The summed E-state index contributed by atoms with van der Waals surface area (Å²) in [6.45, 7) is -1.91. The fourth-order valence-corrected chi connectivity index (χ4v) is 3.67. The molecule has 0 aliphatic rings. The molecule has 0 saturated heterocycles. The summed E-state index contributed by atoms with van der Waals surface area (Å²) >= 11 is 5.86. The Morgan fingerprint density at radius 1 is 1.10 bits per heavy atom. The lowest BCUT2D eigenvalue weighted by Gasteiger charge is -2.15. The molecule has 0 radical (unpaired) electrons. The van der Waals surface area contributed by atoms with Gasteiger partial charge >= 0.3 is 24.0 Å². The van der Waals surface area contributed by atoms with Crippen molar-refractivity contribution in [2.24, 2.45) is 0 Å². The van der Waals surface area contributed by atoms with Crippen molar-refractivity contribution in [3.05, 3.63) is 75.4 Å². The molecule has 0 fully saturated rings. The van der Waals surface area contributed by atoms with Gasteiger partial charge in [-0.25, -0.2) is 23.9 Å². The smallest absolute Gasteiger partial charge is 0.418 e. The zero-order chi connectivity index (χ0) is 29.4. The number of carbonyl (C=O) groups excluding carboxylic acids is 1. The molecular weight excluding hydrogens is 576 g/mol. The number of aliphatic hydroxyl groups excluding tert-OH is 1. The quantitative estimate of drug-likeness (QED) is 0.256. The van der Waals surface area contributed by atoms with Gasteiger partial charge in [0.25, 0.3) is 0 Å². The molecule has 3 aromatic heterocycles. The molecule has 212 valence electrons. The number of methoxy groups -OCH3 is 1.